The van der Waals surface area contributed by atoms with Crippen molar-refractivity contribution < 1.29 is 24.4 Å². The SMILES string of the molecule is CCCCCCCCCCCCOC(C)CC(C)C.OCCOCCOCCO. The highest BCUT2D eigenvalue weighted by Crippen LogP contribution is 2.12. The molecule has 0 aromatic rings. The second kappa shape index (κ2) is 27.8. The highest BCUT2D eigenvalue weighted by molar-refractivity contribution is 4.54. The molecule has 0 amide bonds. The van der Waals surface area contributed by atoms with Crippen LogP contribution in [0.4, 0.5) is 0 Å². The van der Waals surface area contributed by atoms with Gasteiger partial charge in [-0.2, -0.15) is 0 Å². The smallest absolute Gasteiger partial charge is 0.0701 e. The van der Waals surface area contributed by atoms with Gasteiger partial charge < -0.3 is 24.4 Å². The highest BCUT2D eigenvalue weighted by atomic mass is 16.5. The topological polar surface area (TPSA) is 68.2 Å². The van der Waals surface area contributed by atoms with Crippen LogP contribution in [-0.2, 0) is 14.2 Å². The Morgan fingerprint density at radius 2 is 1.03 bits per heavy atom. The fraction of sp³-hybridized carbons (Fsp3) is 1.00. The highest BCUT2D eigenvalue weighted by Gasteiger charge is 2.04. The molecule has 0 aromatic carbocycles. The Hall–Kier alpha value is -0.200. The Kier molecular flexibility index (Phi) is 29.7. The van der Waals surface area contributed by atoms with Crippen molar-refractivity contribution in [1.82, 2.24) is 0 Å². The summed E-state index contributed by atoms with van der Waals surface area (Å²) in [6, 6.07) is 0. The monoisotopic (exact) mass is 420 g/mol. The molecule has 0 fully saturated rings. The van der Waals surface area contributed by atoms with Crippen molar-refractivity contribution in [2.45, 2.75) is 104 Å². The Bertz CT molecular complexity index is 266. The summed E-state index contributed by atoms with van der Waals surface area (Å²) in [7, 11) is 0. The van der Waals surface area contributed by atoms with Gasteiger partial charge in [0.25, 0.3) is 0 Å². The van der Waals surface area contributed by atoms with Gasteiger partial charge in [-0.05, 0) is 25.7 Å². The molecule has 0 aliphatic carbocycles. The molecule has 5 nitrogen and oxygen atoms in total. The van der Waals surface area contributed by atoms with Crippen LogP contribution in [0.3, 0.4) is 0 Å². The van der Waals surface area contributed by atoms with Crippen LogP contribution in [0.5, 0.6) is 0 Å². The Morgan fingerprint density at radius 1 is 0.586 bits per heavy atom. The van der Waals surface area contributed by atoms with Crippen LogP contribution in [0.15, 0.2) is 0 Å². The van der Waals surface area contributed by atoms with Gasteiger partial charge in [-0.3, -0.25) is 0 Å². The van der Waals surface area contributed by atoms with Gasteiger partial charge in [0.2, 0.25) is 0 Å². The third-order valence-electron chi connectivity index (χ3n) is 4.55. The van der Waals surface area contributed by atoms with Gasteiger partial charge in [-0.15, -0.1) is 0 Å². The standard InChI is InChI=1S/C18H38O.C6H14O4/c1-5-6-7-8-9-10-11-12-13-14-15-19-18(4)16-17(2)3;7-1-3-9-5-6-10-4-2-8/h17-18H,5-16H2,1-4H3;7-8H,1-6H2. The summed E-state index contributed by atoms with van der Waals surface area (Å²) in [6.45, 7) is 11.7. The lowest BCUT2D eigenvalue weighted by Gasteiger charge is -2.14. The van der Waals surface area contributed by atoms with Crippen LogP contribution >= 0.6 is 0 Å². The summed E-state index contributed by atoms with van der Waals surface area (Å²) in [5, 5.41) is 16.5. The molecule has 178 valence electrons. The number of aliphatic hydroxyl groups is 2. The first-order valence-corrected chi connectivity index (χ1v) is 12.1. The summed E-state index contributed by atoms with van der Waals surface area (Å²) in [4.78, 5) is 0. The maximum atomic E-state index is 8.26. The fourth-order valence-corrected chi connectivity index (χ4v) is 3.06. The quantitative estimate of drug-likeness (QED) is 0.245. The first-order valence-electron chi connectivity index (χ1n) is 12.1. The van der Waals surface area contributed by atoms with Crippen LogP contribution in [0.1, 0.15) is 98.3 Å². The van der Waals surface area contributed by atoms with Gasteiger partial charge in [0.05, 0.1) is 45.7 Å². The predicted octanol–water partition coefficient (Wildman–Crippen LogP) is 5.36. The molecule has 0 heterocycles. The molecule has 0 aliphatic heterocycles. The third-order valence-corrected chi connectivity index (χ3v) is 4.55. The van der Waals surface area contributed by atoms with Crippen LogP contribution < -0.4 is 0 Å². The third kappa shape index (κ3) is 32.7. The van der Waals surface area contributed by atoms with E-state index in [-0.39, 0.29) is 13.2 Å². The number of unbranched alkanes of at least 4 members (excludes halogenated alkanes) is 9. The molecule has 0 saturated heterocycles. The minimum Gasteiger partial charge on any atom is -0.394 e. The Labute approximate surface area is 181 Å². The van der Waals surface area contributed by atoms with Crippen molar-refractivity contribution in [3.8, 4) is 0 Å². The van der Waals surface area contributed by atoms with Crippen LogP contribution in [0.25, 0.3) is 0 Å². The zero-order valence-electron chi connectivity index (χ0n) is 20.0. The van der Waals surface area contributed by atoms with Gasteiger partial charge in [0, 0.05) is 6.61 Å². The van der Waals surface area contributed by atoms with E-state index in [1.807, 2.05) is 0 Å². The Balaban J connectivity index is 0. The van der Waals surface area contributed by atoms with Gasteiger partial charge >= 0.3 is 0 Å². The van der Waals surface area contributed by atoms with Crippen molar-refractivity contribution in [2.75, 3.05) is 46.2 Å². The lowest BCUT2D eigenvalue weighted by molar-refractivity contribution is 0.0222. The van der Waals surface area contributed by atoms with E-state index in [0.717, 1.165) is 12.5 Å². The van der Waals surface area contributed by atoms with Crippen molar-refractivity contribution in [3.05, 3.63) is 0 Å². The second-order valence-electron chi connectivity index (χ2n) is 8.16. The second-order valence-corrected chi connectivity index (χ2v) is 8.16. The Morgan fingerprint density at radius 3 is 1.45 bits per heavy atom. The van der Waals surface area contributed by atoms with E-state index in [1.165, 1.54) is 70.6 Å². The number of ether oxygens (including phenoxy) is 3. The van der Waals surface area contributed by atoms with Crippen LogP contribution in [0.2, 0.25) is 0 Å². The lowest BCUT2D eigenvalue weighted by Crippen LogP contribution is -2.12. The van der Waals surface area contributed by atoms with Crippen molar-refractivity contribution >= 4 is 0 Å². The maximum Gasteiger partial charge on any atom is 0.0701 e. The molecular formula is C24H52O5. The van der Waals surface area contributed by atoms with E-state index < -0.39 is 0 Å². The summed E-state index contributed by atoms with van der Waals surface area (Å²) in [5.74, 6) is 0.753. The van der Waals surface area contributed by atoms with Gasteiger partial charge in [0.1, 0.15) is 0 Å². The molecule has 0 rings (SSSR count). The van der Waals surface area contributed by atoms with E-state index >= 15 is 0 Å². The van der Waals surface area contributed by atoms with Crippen molar-refractivity contribution in [2.24, 2.45) is 5.92 Å². The van der Waals surface area contributed by atoms with E-state index in [2.05, 4.69) is 27.7 Å². The van der Waals surface area contributed by atoms with Crippen molar-refractivity contribution in [3.63, 3.8) is 0 Å². The normalized spacial score (nSPS) is 12.1. The van der Waals surface area contributed by atoms with Gasteiger partial charge in [-0.25, -0.2) is 0 Å². The van der Waals surface area contributed by atoms with E-state index in [9.17, 15) is 0 Å². The average Bonchev–Trinajstić information content (AvgIpc) is 2.69. The first kappa shape index (κ1) is 31.0. The maximum absolute atomic E-state index is 8.26. The summed E-state index contributed by atoms with van der Waals surface area (Å²) < 4.78 is 15.6. The predicted molar refractivity (Wildman–Crippen MR) is 123 cm³/mol. The van der Waals surface area contributed by atoms with E-state index in [1.54, 1.807) is 0 Å². The molecule has 0 saturated carbocycles. The summed E-state index contributed by atoms with van der Waals surface area (Å²) >= 11 is 0. The first-order chi connectivity index (χ1) is 14.1. The molecule has 0 radical (unpaired) electrons. The average molecular weight is 421 g/mol. The molecule has 29 heavy (non-hydrogen) atoms. The summed E-state index contributed by atoms with van der Waals surface area (Å²) in [6.07, 6.45) is 15.6. The largest absolute Gasteiger partial charge is 0.394 e. The number of hydrogen-bond donors (Lipinski definition) is 2. The lowest BCUT2D eigenvalue weighted by atomic mass is 10.1. The van der Waals surface area contributed by atoms with E-state index in [4.69, 9.17) is 24.4 Å². The van der Waals surface area contributed by atoms with Crippen LogP contribution in [0, 0.1) is 5.92 Å². The van der Waals surface area contributed by atoms with Gasteiger partial charge in [0.15, 0.2) is 0 Å². The molecule has 1 atom stereocenters. The zero-order chi connectivity index (χ0) is 22.0. The fourth-order valence-electron chi connectivity index (χ4n) is 3.06. The number of rotatable bonds is 21. The minimum absolute atomic E-state index is 0.0417. The minimum atomic E-state index is 0.0417. The van der Waals surface area contributed by atoms with Gasteiger partial charge in [-0.1, -0.05) is 78.6 Å². The number of aliphatic hydroxyl groups excluding tert-OH is 2. The molecule has 0 aliphatic rings. The van der Waals surface area contributed by atoms with Crippen LogP contribution in [-0.4, -0.2) is 62.6 Å². The molecule has 5 heteroatoms. The molecule has 0 spiro atoms. The molecule has 0 bridgehead atoms. The zero-order valence-corrected chi connectivity index (χ0v) is 20.0. The summed E-state index contributed by atoms with van der Waals surface area (Å²) in [5.41, 5.74) is 0. The van der Waals surface area contributed by atoms with E-state index in [0.29, 0.717) is 32.5 Å². The van der Waals surface area contributed by atoms with Crippen molar-refractivity contribution in [1.29, 1.82) is 0 Å². The number of hydrogen-bond acceptors (Lipinski definition) is 5. The molecule has 2 N–H and O–H groups in total. The molecule has 0 aromatic heterocycles. The molecule has 1 unspecified atom stereocenters. The molecular weight excluding hydrogens is 368 g/mol.